The fourth-order valence-corrected chi connectivity index (χ4v) is 8.92. The lowest BCUT2D eigenvalue weighted by Crippen LogP contribution is -2.73. The molecule has 1 N–H and O–H groups in total. The molecule has 1 aromatic carbocycles. The van der Waals surface area contributed by atoms with Crippen LogP contribution in [0.25, 0.3) is 0 Å². The molecule has 0 radical (unpaired) electrons. The smallest absolute Gasteiger partial charge is 0.407 e. The van der Waals surface area contributed by atoms with Gasteiger partial charge in [-0.15, -0.1) is 0 Å². The molecule has 3 aliphatic carbocycles. The summed E-state index contributed by atoms with van der Waals surface area (Å²) in [6.45, 7) is 7.98. The van der Waals surface area contributed by atoms with Gasteiger partial charge in [-0.2, -0.15) is 0 Å². The summed E-state index contributed by atoms with van der Waals surface area (Å²) in [5.74, 6) is -3.40. The number of hydrogen-bond acceptors (Lipinski definition) is 10. The van der Waals surface area contributed by atoms with Crippen LogP contribution in [0.1, 0.15) is 74.1 Å². The van der Waals surface area contributed by atoms with Crippen LogP contribution in [0.3, 0.4) is 0 Å². The molecular formula is C35H42FN3O8. The van der Waals surface area contributed by atoms with Crippen LogP contribution in [0.2, 0.25) is 0 Å². The number of alkyl halides is 1. The lowest BCUT2D eigenvalue weighted by Gasteiger charge is -2.61. The second-order valence-corrected chi connectivity index (χ2v) is 14.7. The SMILES string of the molecule is CCOC(=O)C1=CN2C3CC4C(=O)c5ccccc5C(=O)C4CC3OC3C(N4CCC(NC(=O)OC(C)(C)C)C4)C(F)CC(C1=O)C32. The Morgan fingerprint density at radius 1 is 0.979 bits per heavy atom. The minimum absolute atomic E-state index is 0.0797. The standard InChI is InChI=1S/C35H42FN3O8/c1-5-45-33(43)23-16-39-25-13-20-21(30(41)19-9-7-6-8-18(19)29(20)40)14-26(25)46-32-27(39)22(31(23)42)12-24(36)28(32)38-11-10-17(15-38)37-34(44)47-35(2,3)4/h6-9,16-17,20-22,24-28,32H,5,10-15H2,1-4H3,(H,37,44). The van der Waals surface area contributed by atoms with E-state index in [0.29, 0.717) is 37.1 Å². The normalized spacial score (nSPS) is 36.4. The van der Waals surface area contributed by atoms with Gasteiger partial charge in [-0.3, -0.25) is 19.3 Å². The van der Waals surface area contributed by atoms with Gasteiger partial charge in [0.05, 0.1) is 36.9 Å². The highest BCUT2D eigenvalue weighted by Crippen LogP contribution is 2.50. The second-order valence-electron chi connectivity index (χ2n) is 14.7. The van der Waals surface area contributed by atoms with Crippen molar-refractivity contribution in [3.05, 3.63) is 47.2 Å². The molecular weight excluding hydrogens is 609 g/mol. The maximum absolute atomic E-state index is 16.5. The molecule has 252 valence electrons. The maximum Gasteiger partial charge on any atom is 0.407 e. The van der Waals surface area contributed by atoms with Crippen molar-refractivity contribution < 1.29 is 42.6 Å². The molecule has 11 nitrogen and oxygen atoms in total. The lowest BCUT2D eigenvalue weighted by molar-refractivity contribution is -0.215. The highest BCUT2D eigenvalue weighted by molar-refractivity contribution is 6.19. The van der Waals surface area contributed by atoms with Gasteiger partial charge in [0.1, 0.15) is 17.3 Å². The van der Waals surface area contributed by atoms with Gasteiger partial charge >= 0.3 is 12.1 Å². The number of esters is 1. The highest BCUT2D eigenvalue weighted by atomic mass is 19.1. The van der Waals surface area contributed by atoms with Crippen LogP contribution >= 0.6 is 0 Å². The molecule has 0 aromatic heterocycles. The van der Waals surface area contributed by atoms with E-state index in [9.17, 15) is 24.0 Å². The number of carbonyl (C=O) groups is 5. The Balaban J connectivity index is 1.21. The number of nitrogens with zero attached hydrogens (tertiary/aromatic N) is 2. The number of carbonyl (C=O) groups excluding carboxylic acids is 5. The van der Waals surface area contributed by atoms with Crippen molar-refractivity contribution in [2.45, 2.75) is 102 Å². The van der Waals surface area contributed by atoms with E-state index < -0.39 is 77.7 Å². The number of Topliss-reactive ketones (excluding diaryl/α,β-unsaturated/α-hetero) is 3. The van der Waals surface area contributed by atoms with Crippen molar-refractivity contribution in [1.29, 1.82) is 0 Å². The van der Waals surface area contributed by atoms with Gasteiger partial charge in [-0.05, 0) is 53.4 Å². The summed E-state index contributed by atoms with van der Waals surface area (Å²) in [5, 5.41) is 2.90. The number of halogens is 1. The van der Waals surface area contributed by atoms with E-state index in [1.807, 2.05) is 9.80 Å². The number of morpholine rings is 1. The zero-order valence-electron chi connectivity index (χ0n) is 27.1. The number of fused-ring (bicyclic) bond motifs is 4. The third kappa shape index (κ3) is 5.47. The Hall–Kier alpha value is -3.64. The van der Waals surface area contributed by atoms with Gasteiger partial charge < -0.3 is 24.4 Å². The van der Waals surface area contributed by atoms with E-state index in [1.54, 1.807) is 58.2 Å². The Morgan fingerprint density at radius 2 is 1.66 bits per heavy atom. The summed E-state index contributed by atoms with van der Waals surface area (Å²) in [6, 6.07) is 4.91. The van der Waals surface area contributed by atoms with Crippen molar-refractivity contribution in [1.82, 2.24) is 15.1 Å². The summed E-state index contributed by atoms with van der Waals surface area (Å²) >= 11 is 0. The number of likely N-dealkylation sites (tertiary alicyclic amines) is 1. The fraction of sp³-hybridized carbons (Fsp3) is 0.629. The van der Waals surface area contributed by atoms with Crippen molar-refractivity contribution in [3.8, 4) is 0 Å². The number of ketones is 3. The van der Waals surface area contributed by atoms with Crippen molar-refractivity contribution >= 4 is 29.4 Å². The van der Waals surface area contributed by atoms with E-state index in [1.165, 1.54) is 0 Å². The van der Waals surface area contributed by atoms with Gasteiger partial charge in [0, 0.05) is 54.2 Å². The molecule has 6 aliphatic rings. The van der Waals surface area contributed by atoms with Gasteiger partial charge in [-0.1, -0.05) is 24.3 Å². The third-order valence-electron chi connectivity index (χ3n) is 10.8. The van der Waals surface area contributed by atoms with Crippen molar-refractivity contribution in [2.24, 2.45) is 17.8 Å². The van der Waals surface area contributed by atoms with Crippen molar-refractivity contribution in [2.75, 3.05) is 19.7 Å². The predicted molar refractivity (Wildman–Crippen MR) is 165 cm³/mol. The topological polar surface area (TPSA) is 132 Å². The van der Waals surface area contributed by atoms with E-state index in [0.717, 1.165) is 0 Å². The summed E-state index contributed by atoms with van der Waals surface area (Å²) in [7, 11) is 0. The number of alkyl carbamates (subject to hydrolysis) is 1. The van der Waals surface area contributed by atoms with Gasteiger partial charge in [-0.25, -0.2) is 14.0 Å². The Bertz CT molecular complexity index is 1540. The first-order valence-electron chi connectivity index (χ1n) is 16.8. The van der Waals surface area contributed by atoms with Crippen LogP contribution in [0, 0.1) is 17.8 Å². The first kappa shape index (κ1) is 31.9. The molecule has 2 saturated heterocycles. The highest BCUT2D eigenvalue weighted by Gasteiger charge is 2.62. The largest absolute Gasteiger partial charge is 0.462 e. The summed E-state index contributed by atoms with van der Waals surface area (Å²) in [4.78, 5) is 70.7. The molecule has 0 spiro atoms. The van der Waals surface area contributed by atoms with Crippen molar-refractivity contribution in [3.63, 3.8) is 0 Å². The molecule has 7 rings (SSSR count). The predicted octanol–water partition coefficient (Wildman–Crippen LogP) is 3.25. The molecule has 4 fully saturated rings. The number of benzene rings is 1. The first-order chi connectivity index (χ1) is 22.4. The number of ether oxygens (including phenoxy) is 3. The first-order valence-corrected chi connectivity index (χ1v) is 16.8. The lowest BCUT2D eigenvalue weighted by atomic mass is 9.63. The Kier molecular flexibility index (Phi) is 8.02. The third-order valence-corrected chi connectivity index (χ3v) is 10.8. The van der Waals surface area contributed by atoms with Gasteiger partial charge in [0.2, 0.25) is 0 Å². The Morgan fingerprint density at radius 3 is 2.32 bits per heavy atom. The number of rotatable bonds is 4. The zero-order valence-corrected chi connectivity index (χ0v) is 27.1. The number of nitrogens with one attached hydrogen (secondary N) is 1. The van der Waals surface area contributed by atoms with Crippen LogP contribution in [0.4, 0.5) is 9.18 Å². The molecule has 1 aromatic rings. The molecule has 0 bridgehead atoms. The minimum Gasteiger partial charge on any atom is -0.462 e. The van der Waals surface area contributed by atoms with E-state index in [-0.39, 0.29) is 42.6 Å². The number of hydrogen-bond donors (Lipinski definition) is 1. The summed E-state index contributed by atoms with van der Waals surface area (Å²) < 4.78 is 33.9. The maximum atomic E-state index is 16.5. The van der Waals surface area contributed by atoms with E-state index in [2.05, 4.69) is 5.32 Å². The number of amides is 1. The van der Waals surface area contributed by atoms with Crippen LogP contribution in [0.5, 0.6) is 0 Å². The van der Waals surface area contributed by atoms with E-state index >= 15 is 4.39 Å². The van der Waals surface area contributed by atoms with Crippen LogP contribution < -0.4 is 5.32 Å². The zero-order chi connectivity index (χ0) is 33.4. The monoisotopic (exact) mass is 651 g/mol. The average Bonchev–Trinajstić information content (AvgIpc) is 3.46. The molecule has 10 unspecified atom stereocenters. The minimum atomic E-state index is -1.45. The van der Waals surface area contributed by atoms with Gasteiger partial charge in [0.15, 0.2) is 17.3 Å². The van der Waals surface area contributed by atoms with Crippen LogP contribution in [-0.4, -0.2) is 107 Å². The van der Waals surface area contributed by atoms with E-state index in [4.69, 9.17) is 14.2 Å². The quantitative estimate of drug-likeness (QED) is 0.382. The van der Waals surface area contributed by atoms with Crippen LogP contribution in [-0.2, 0) is 23.8 Å². The molecule has 47 heavy (non-hydrogen) atoms. The summed E-state index contributed by atoms with van der Waals surface area (Å²) in [6.07, 6.45) is -0.682. The Labute approximate surface area is 273 Å². The average molecular weight is 652 g/mol. The molecule has 1 amide bonds. The molecule has 3 aliphatic heterocycles. The molecule has 3 heterocycles. The molecule has 12 heteroatoms. The second kappa shape index (κ2) is 11.8. The summed E-state index contributed by atoms with van der Waals surface area (Å²) in [5.41, 5.74) is 0.0524. The molecule has 2 saturated carbocycles. The fourth-order valence-electron chi connectivity index (χ4n) is 8.92. The molecule has 10 atom stereocenters. The van der Waals surface area contributed by atoms with Gasteiger partial charge in [0.25, 0.3) is 0 Å². The van der Waals surface area contributed by atoms with Crippen LogP contribution in [0.15, 0.2) is 36.0 Å².